The van der Waals surface area contributed by atoms with Gasteiger partial charge in [-0.2, -0.15) is 0 Å². The molecule has 0 aliphatic heterocycles. The van der Waals surface area contributed by atoms with Gasteiger partial charge < -0.3 is 0 Å². The lowest BCUT2D eigenvalue weighted by Gasteiger charge is -2.20. The molecule has 0 heterocycles. The van der Waals surface area contributed by atoms with Gasteiger partial charge in [-0.3, -0.25) is 0 Å². The molecule has 52 heavy (non-hydrogen) atoms. The first-order valence-corrected chi connectivity index (χ1v) is 18.0. The predicted molar refractivity (Wildman–Crippen MR) is 224 cm³/mol. The molecule has 242 valence electrons. The van der Waals surface area contributed by atoms with Crippen LogP contribution in [0.15, 0.2) is 206 Å². The fourth-order valence-electron chi connectivity index (χ4n) is 8.44. The van der Waals surface area contributed by atoms with Crippen molar-refractivity contribution in [1.82, 2.24) is 0 Å². The van der Waals surface area contributed by atoms with Gasteiger partial charge in [-0.15, -0.1) is 0 Å². The molecule has 0 unspecified atom stereocenters. The Labute approximate surface area is 303 Å². The van der Waals surface area contributed by atoms with E-state index in [9.17, 15) is 0 Å². The molecule has 0 saturated heterocycles. The minimum Gasteiger partial charge on any atom is -0.0622 e. The first-order chi connectivity index (χ1) is 25.8. The molecule has 0 heteroatoms. The van der Waals surface area contributed by atoms with Crippen LogP contribution in [0.2, 0.25) is 0 Å². The van der Waals surface area contributed by atoms with E-state index in [0.29, 0.717) is 0 Å². The van der Waals surface area contributed by atoms with Crippen LogP contribution in [-0.4, -0.2) is 0 Å². The van der Waals surface area contributed by atoms with E-state index in [2.05, 4.69) is 206 Å². The third-order valence-corrected chi connectivity index (χ3v) is 10.7. The van der Waals surface area contributed by atoms with Crippen LogP contribution in [-0.2, 0) is 0 Å². The Balaban J connectivity index is 1.26. The topological polar surface area (TPSA) is 0 Å². The standard InChI is InChI=1S/C52H34/c1-4-17-35(18-5-1)38-29-16-30-44-43(32-31-39(51(38)44)36-19-6-2-7-20-36)42-33-34-49(41-24-11-10-23-40(41)42)52-47-27-14-12-25-45(47)50(37-21-8-3-9-22-37)46-26-13-15-28-48(46)52/h1-34H. The molecule has 0 aliphatic carbocycles. The van der Waals surface area contributed by atoms with Crippen molar-refractivity contribution in [3.8, 4) is 55.6 Å². The zero-order chi connectivity index (χ0) is 34.4. The van der Waals surface area contributed by atoms with Crippen molar-refractivity contribution in [2.75, 3.05) is 0 Å². The van der Waals surface area contributed by atoms with Gasteiger partial charge in [0.25, 0.3) is 0 Å². The van der Waals surface area contributed by atoms with Crippen LogP contribution in [0.25, 0.3) is 98.7 Å². The zero-order valence-electron chi connectivity index (χ0n) is 28.6. The smallest absolute Gasteiger partial charge is 0.00201 e. The van der Waals surface area contributed by atoms with Gasteiger partial charge in [0, 0.05) is 0 Å². The van der Waals surface area contributed by atoms with Gasteiger partial charge in [0.15, 0.2) is 0 Å². The SMILES string of the molecule is c1ccc(-c2c3ccccc3c(-c3ccc(-c4ccc(-c5ccccc5)c5c(-c6ccccc6)cccc45)c4ccccc34)c3ccccc23)cc1. The van der Waals surface area contributed by atoms with Crippen molar-refractivity contribution in [1.29, 1.82) is 0 Å². The Bertz CT molecular complexity index is 2820. The molecule has 10 rings (SSSR count). The molecule has 0 nitrogen and oxygen atoms in total. The molecule has 0 radical (unpaired) electrons. The van der Waals surface area contributed by atoms with Crippen LogP contribution in [0.3, 0.4) is 0 Å². The quantitative estimate of drug-likeness (QED) is 0.161. The summed E-state index contributed by atoms with van der Waals surface area (Å²) in [6, 6.07) is 75.4. The van der Waals surface area contributed by atoms with Gasteiger partial charge in [-0.05, 0) is 98.7 Å². The molecule has 0 saturated carbocycles. The van der Waals surface area contributed by atoms with Crippen molar-refractivity contribution in [2.24, 2.45) is 0 Å². The van der Waals surface area contributed by atoms with Crippen LogP contribution in [0.5, 0.6) is 0 Å². The van der Waals surface area contributed by atoms with Crippen molar-refractivity contribution >= 4 is 43.1 Å². The van der Waals surface area contributed by atoms with Crippen LogP contribution in [0.4, 0.5) is 0 Å². The van der Waals surface area contributed by atoms with E-state index in [4.69, 9.17) is 0 Å². The third kappa shape index (κ3) is 4.84. The van der Waals surface area contributed by atoms with Gasteiger partial charge in [0.2, 0.25) is 0 Å². The van der Waals surface area contributed by atoms with Gasteiger partial charge in [-0.25, -0.2) is 0 Å². The van der Waals surface area contributed by atoms with Crippen molar-refractivity contribution < 1.29 is 0 Å². The van der Waals surface area contributed by atoms with Gasteiger partial charge in [0.1, 0.15) is 0 Å². The largest absolute Gasteiger partial charge is 0.0622 e. The number of rotatable bonds is 5. The highest BCUT2D eigenvalue weighted by Gasteiger charge is 2.20. The molecule has 10 aromatic rings. The summed E-state index contributed by atoms with van der Waals surface area (Å²) >= 11 is 0. The van der Waals surface area contributed by atoms with Crippen molar-refractivity contribution in [2.45, 2.75) is 0 Å². The first kappa shape index (κ1) is 30.1. The Kier molecular flexibility index (Phi) is 7.25. The molecule has 0 amide bonds. The highest BCUT2D eigenvalue weighted by atomic mass is 14.2. The van der Waals surface area contributed by atoms with Crippen molar-refractivity contribution in [3.05, 3.63) is 206 Å². The van der Waals surface area contributed by atoms with Crippen LogP contribution < -0.4 is 0 Å². The van der Waals surface area contributed by atoms with E-state index >= 15 is 0 Å². The van der Waals surface area contributed by atoms with Gasteiger partial charge >= 0.3 is 0 Å². The minimum absolute atomic E-state index is 1.22. The minimum atomic E-state index is 1.22. The summed E-state index contributed by atoms with van der Waals surface area (Å²) in [6.45, 7) is 0. The average molecular weight is 659 g/mol. The van der Waals surface area contributed by atoms with E-state index in [-0.39, 0.29) is 0 Å². The summed E-state index contributed by atoms with van der Waals surface area (Å²) in [5, 5.41) is 10.1. The summed E-state index contributed by atoms with van der Waals surface area (Å²) in [5.74, 6) is 0. The molecular formula is C52H34. The molecule has 0 aromatic heterocycles. The Morgan fingerprint density at radius 3 is 1.06 bits per heavy atom. The molecule has 10 aromatic carbocycles. The van der Waals surface area contributed by atoms with Gasteiger partial charge in [0.05, 0.1) is 0 Å². The maximum absolute atomic E-state index is 2.37. The first-order valence-electron chi connectivity index (χ1n) is 18.0. The average Bonchev–Trinajstić information content (AvgIpc) is 3.23. The van der Waals surface area contributed by atoms with Gasteiger partial charge in [-0.1, -0.05) is 206 Å². The van der Waals surface area contributed by atoms with E-state index in [1.165, 1.54) is 98.7 Å². The maximum Gasteiger partial charge on any atom is -0.00201 e. The summed E-state index contributed by atoms with van der Waals surface area (Å²) in [5.41, 5.74) is 12.5. The highest BCUT2D eigenvalue weighted by Crippen LogP contribution is 2.48. The second-order valence-electron chi connectivity index (χ2n) is 13.5. The Morgan fingerprint density at radius 2 is 0.519 bits per heavy atom. The fraction of sp³-hybridized carbons (Fsp3) is 0. The summed E-state index contributed by atoms with van der Waals surface area (Å²) < 4.78 is 0. The third-order valence-electron chi connectivity index (χ3n) is 10.7. The molecule has 0 atom stereocenters. The molecule has 0 spiro atoms. The van der Waals surface area contributed by atoms with E-state index in [0.717, 1.165) is 0 Å². The lowest BCUT2D eigenvalue weighted by Crippen LogP contribution is -1.93. The number of hydrogen-bond donors (Lipinski definition) is 0. The highest BCUT2D eigenvalue weighted by molar-refractivity contribution is 6.24. The monoisotopic (exact) mass is 658 g/mol. The van der Waals surface area contributed by atoms with Crippen LogP contribution in [0.1, 0.15) is 0 Å². The van der Waals surface area contributed by atoms with E-state index < -0.39 is 0 Å². The second kappa shape index (κ2) is 12.5. The lowest BCUT2D eigenvalue weighted by molar-refractivity contribution is 1.62. The molecule has 0 aliphatic rings. The number of benzene rings is 10. The zero-order valence-corrected chi connectivity index (χ0v) is 28.6. The number of fused-ring (bicyclic) bond motifs is 4. The van der Waals surface area contributed by atoms with Crippen LogP contribution >= 0.6 is 0 Å². The van der Waals surface area contributed by atoms with Crippen molar-refractivity contribution in [3.63, 3.8) is 0 Å². The maximum atomic E-state index is 2.37. The molecule has 0 fully saturated rings. The normalized spacial score (nSPS) is 11.5. The molecule has 0 bridgehead atoms. The predicted octanol–water partition coefficient (Wildman–Crippen LogP) is 14.6. The molecular weight excluding hydrogens is 625 g/mol. The fourth-order valence-corrected chi connectivity index (χ4v) is 8.44. The van der Waals surface area contributed by atoms with E-state index in [1.54, 1.807) is 0 Å². The van der Waals surface area contributed by atoms with Crippen LogP contribution in [0, 0.1) is 0 Å². The molecule has 0 N–H and O–H groups in total. The van der Waals surface area contributed by atoms with E-state index in [1.807, 2.05) is 0 Å². The Hall–Kier alpha value is -6.76. The lowest BCUT2D eigenvalue weighted by atomic mass is 9.83. The summed E-state index contributed by atoms with van der Waals surface area (Å²) in [4.78, 5) is 0. The Morgan fingerprint density at radius 1 is 0.173 bits per heavy atom. The summed E-state index contributed by atoms with van der Waals surface area (Å²) in [7, 11) is 0. The number of hydrogen-bond acceptors (Lipinski definition) is 0. The summed E-state index contributed by atoms with van der Waals surface area (Å²) in [6.07, 6.45) is 0. The second-order valence-corrected chi connectivity index (χ2v) is 13.5.